The van der Waals surface area contributed by atoms with Gasteiger partial charge in [-0.1, -0.05) is 12.8 Å². The molecule has 0 aromatic heterocycles. The van der Waals surface area contributed by atoms with Crippen LogP contribution >= 0.6 is 0 Å². The molecule has 0 aromatic carbocycles. The zero-order chi connectivity index (χ0) is 14.1. The van der Waals surface area contributed by atoms with Crippen LogP contribution in [0.4, 0.5) is 0 Å². The summed E-state index contributed by atoms with van der Waals surface area (Å²) in [5.41, 5.74) is -0.524. The zero-order valence-electron chi connectivity index (χ0n) is 12.5. The van der Waals surface area contributed by atoms with E-state index in [1.54, 1.807) is 0 Å². The van der Waals surface area contributed by atoms with Crippen LogP contribution in [0.25, 0.3) is 0 Å². The molecule has 2 rings (SSSR count). The first kappa shape index (κ1) is 14.8. The molecule has 2 fully saturated rings. The number of rotatable bonds is 2. The lowest BCUT2D eigenvalue weighted by atomic mass is 9.71. The summed E-state index contributed by atoms with van der Waals surface area (Å²) in [5, 5.41) is 13.8. The van der Waals surface area contributed by atoms with E-state index >= 15 is 0 Å². The van der Waals surface area contributed by atoms with Crippen LogP contribution in [0.5, 0.6) is 0 Å². The second-order valence-electron chi connectivity index (χ2n) is 7.24. The van der Waals surface area contributed by atoms with E-state index in [4.69, 9.17) is 0 Å². The van der Waals surface area contributed by atoms with Gasteiger partial charge in [0.05, 0.1) is 12.1 Å². The molecule has 1 heterocycles. The van der Waals surface area contributed by atoms with Crippen molar-refractivity contribution in [2.24, 2.45) is 5.92 Å². The highest BCUT2D eigenvalue weighted by Crippen LogP contribution is 2.39. The maximum Gasteiger partial charge on any atom is 0.236 e. The molecule has 0 bridgehead atoms. The van der Waals surface area contributed by atoms with Crippen LogP contribution in [-0.2, 0) is 4.79 Å². The Morgan fingerprint density at radius 3 is 2.79 bits per heavy atom. The van der Waals surface area contributed by atoms with E-state index in [0.29, 0.717) is 13.1 Å². The molecule has 19 heavy (non-hydrogen) atoms. The van der Waals surface area contributed by atoms with Crippen molar-refractivity contribution in [2.75, 3.05) is 19.6 Å². The van der Waals surface area contributed by atoms with Crippen molar-refractivity contribution in [2.45, 2.75) is 64.0 Å². The van der Waals surface area contributed by atoms with Gasteiger partial charge in [0.15, 0.2) is 0 Å². The quantitative estimate of drug-likeness (QED) is 0.798. The van der Waals surface area contributed by atoms with E-state index < -0.39 is 5.60 Å². The molecule has 4 heteroatoms. The Balaban J connectivity index is 1.88. The van der Waals surface area contributed by atoms with E-state index in [1.807, 2.05) is 4.90 Å². The molecule has 1 saturated heterocycles. The first-order chi connectivity index (χ1) is 8.80. The lowest BCUT2D eigenvalue weighted by Crippen LogP contribution is -2.56. The minimum absolute atomic E-state index is 0.0307. The van der Waals surface area contributed by atoms with E-state index in [9.17, 15) is 9.90 Å². The number of amides is 1. The van der Waals surface area contributed by atoms with E-state index in [-0.39, 0.29) is 17.4 Å². The van der Waals surface area contributed by atoms with E-state index in [2.05, 4.69) is 26.1 Å². The number of hydrogen-bond donors (Lipinski definition) is 2. The van der Waals surface area contributed by atoms with Gasteiger partial charge in [-0.25, -0.2) is 0 Å². The van der Waals surface area contributed by atoms with Crippen LogP contribution in [0, 0.1) is 5.92 Å². The second-order valence-corrected chi connectivity index (χ2v) is 7.24. The molecule has 1 amide bonds. The predicted molar refractivity (Wildman–Crippen MR) is 75.9 cm³/mol. The van der Waals surface area contributed by atoms with Gasteiger partial charge < -0.3 is 15.3 Å². The molecule has 1 aliphatic heterocycles. The van der Waals surface area contributed by atoms with Crippen LogP contribution in [0.1, 0.15) is 52.9 Å². The van der Waals surface area contributed by atoms with Gasteiger partial charge in [0.25, 0.3) is 0 Å². The minimum atomic E-state index is -0.494. The summed E-state index contributed by atoms with van der Waals surface area (Å²) in [6.45, 7) is 8.04. The molecule has 2 atom stereocenters. The number of nitrogens with one attached hydrogen (secondary N) is 1. The van der Waals surface area contributed by atoms with Crippen molar-refractivity contribution < 1.29 is 9.90 Å². The predicted octanol–water partition coefficient (Wildman–Crippen LogP) is 1.53. The smallest absolute Gasteiger partial charge is 0.236 e. The summed E-state index contributed by atoms with van der Waals surface area (Å²) in [6.07, 6.45) is 5.05. The molecule has 1 saturated carbocycles. The number of hydrogen-bond acceptors (Lipinski definition) is 3. The Kier molecular flexibility index (Phi) is 4.21. The summed E-state index contributed by atoms with van der Waals surface area (Å²) in [5.74, 6) is 0.455. The third-order valence-electron chi connectivity index (χ3n) is 4.55. The SMILES string of the molecule is CC(C)(C)NCC(=O)N1CCC2(O)CCCCC2C1. The molecule has 1 aliphatic carbocycles. The summed E-state index contributed by atoms with van der Waals surface area (Å²) in [6, 6.07) is 0. The Morgan fingerprint density at radius 1 is 1.37 bits per heavy atom. The van der Waals surface area contributed by atoms with Gasteiger partial charge in [-0.05, 0) is 40.0 Å². The first-order valence-electron chi connectivity index (χ1n) is 7.55. The monoisotopic (exact) mass is 268 g/mol. The Bertz CT molecular complexity index is 338. The fourth-order valence-electron chi connectivity index (χ4n) is 3.25. The standard InChI is InChI=1S/C15H28N2O2/c1-14(2,3)16-10-13(18)17-9-8-15(19)7-5-4-6-12(15)11-17/h12,16,19H,4-11H2,1-3H3. The Hall–Kier alpha value is -0.610. The minimum Gasteiger partial charge on any atom is -0.389 e. The largest absolute Gasteiger partial charge is 0.389 e. The van der Waals surface area contributed by atoms with Crippen molar-refractivity contribution in [3.8, 4) is 0 Å². The molecule has 2 N–H and O–H groups in total. The number of carbonyl (C=O) groups is 1. The van der Waals surface area contributed by atoms with Gasteiger partial charge in [-0.3, -0.25) is 4.79 Å². The van der Waals surface area contributed by atoms with Crippen LogP contribution in [0.15, 0.2) is 0 Å². The molecular weight excluding hydrogens is 240 g/mol. The summed E-state index contributed by atoms with van der Waals surface area (Å²) < 4.78 is 0. The highest BCUT2D eigenvalue weighted by Gasteiger charge is 2.43. The van der Waals surface area contributed by atoms with Crippen molar-refractivity contribution in [3.63, 3.8) is 0 Å². The number of nitrogens with zero attached hydrogens (tertiary/aromatic N) is 1. The normalized spacial score (nSPS) is 32.0. The fraction of sp³-hybridized carbons (Fsp3) is 0.933. The summed E-state index contributed by atoms with van der Waals surface area (Å²) in [4.78, 5) is 14.1. The van der Waals surface area contributed by atoms with Gasteiger partial charge in [-0.15, -0.1) is 0 Å². The summed E-state index contributed by atoms with van der Waals surface area (Å²) >= 11 is 0. The molecule has 0 aromatic rings. The van der Waals surface area contributed by atoms with Gasteiger partial charge in [-0.2, -0.15) is 0 Å². The highest BCUT2D eigenvalue weighted by atomic mass is 16.3. The van der Waals surface area contributed by atoms with Gasteiger partial charge in [0, 0.05) is 24.5 Å². The average molecular weight is 268 g/mol. The highest BCUT2D eigenvalue weighted by molar-refractivity contribution is 5.78. The zero-order valence-corrected chi connectivity index (χ0v) is 12.5. The lowest BCUT2D eigenvalue weighted by Gasteiger charge is -2.47. The summed E-state index contributed by atoms with van der Waals surface area (Å²) in [7, 11) is 0. The Labute approximate surface area is 116 Å². The fourth-order valence-corrected chi connectivity index (χ4v) is 3.25. The van der Waals surface area contributed by atoms with Crippen LogP contribution in [0.2, 0.25) is 0 Å². The molecule has 110 valence electrons. The number of piperidine rings is 1. The van der Waals surface area contributed by atoms with Gasteiger partial charge in [0.1, 0.15) is 0 Å². The maximum absolute atomic E-state index is 12.2. The van der Waals surface area contributed by atoms with Crippen molar-refractivity contribution in [1.82, 2.24) is 10.2 Å². The molecule has 0 spiro atoms. The number of aliphatic hydroxyl groups is 1. The van der Waals surface area contributed by atoms with E-state index in [1.165, 1.54) is 6.42 Å². The average Bonchev–Trinajstić information content (AvgIpc) is 2.34. The molecule has 0 radical (unpaired) electrons. The van der Waals surface area contributed by atoms with Gasteiger partial charge >= 0.3 is 0 Å². The number of fused-ring (bicyclic) bond motifs is 1. The third kappa shape index (κ3) is 3.69. The van der Waals surface area contributed by atoms with Crippen LogP contribution in [-0.4, -0.2) is 46.7 Å². The first-order valence-corrected chi connectivity index (χ1v) is 7.55. The topological polar surface area (TPSA) is 52.6 Å². The number of likely N-dealkylation sites (tertiary alicyclic amines) is 1. The van der Waals surface area contributed by atoms with Crippen LogP contribution in [0.3, 0.4) is 0 Å². The lowest BCUT2D eigenvalue weighted by molar-refractivity contribution is -0.142. The van der Waals surface area contributed by atoms with Crippen molar-refractivity contribution in [1.29, 1.82) is 0 Å². The van der Waals surface area contributed by atoms with Gasteiger partial charge in [0.2, 0.25) is 5.91 Å². The molecule has 4 nitrogen and oxygen atoms in total. The molecular formula is C15H28N2O2. The van der Waals surface area contributed by atoms with Crippen molar-refractivity contribution in [3.05, 3.63) is 0 Å². The number of carbonyl (C=O) groups excluding carboxylic acids is 1. The van der Waals surface area contributed by atoms with Crippen molar-refractivity contribution >= 4 is 5.91 Å². The molecule has 2 aliphatic rings. The second kappa shape index (κ2) is 5.41. The van der Waals surface area contributed by atoms with Crippen LogP contribution < -0.4 is 5.32 Å². The maximum atomic E-state index is 12.2. The molecule has 2 unspecified atom stereocenters. The Morgan fingerprint density at radius 2 is 2.11 bits per heavy atom. The third-order valence-corrected chi connectivity index (χ3v) is 4.55. The van der Waals surface area contributed by atoms with E-state index in [0.717, 1.165) is 32.2 Å².